The van der Waals surface area contributed by atoms with E-state index >= 15 is 0 Å². The molecule has 2 aromatic carbocycles. The molecule has 7 nitrogen and oxygen atoms in total. The molecule has 41 heavy (non-hydrogen) atoms. The Morgan fingerprint density at radius 3 is 2.07 bits per heavy atom. The number of carbonyl (C=O) groups excluding carboxylic acids is 3. The Hall–Kier alpha value is -3.81. The molecule has 2 aromatic rings. The van der Waals surface area contributed by atoms with Crippen LogP contribution in [0.3, 0.4) is 0 Å². The van der Waals surface area contributed by atoms with Gasteiger partial charge >= 0.3 is 11.9 Å². The van der Waals surface area contributed by atoms with Gasteiger partial charge in [-0.2, -0.15) is 0 Å². The zero-order valence-corrected chi connectivity index (χ0v) is 24.5. The van der Waals surface area contributed by atoms with Gasteiger partial charge in [-0.05, 0) is 85.5 Å². The summed E-state index contributed by atoms with van der Waals surface area (Å²) in [5, 5.41) is 0. The molecular weight excluding hydrogens is 520 g/mol. The van der Waals surface area contributed by atoms with Crippen LogP contribution in [0.1, 0.15) is 80.2 Å². The van der Waals surface area contributed by atoms with Crippen LogP contribution < -0.4 is 0 Å². The van der Waals surface area contributed by atoms with E-state index in [0.29, 0.717) is 0 Å². The van der Waals surface area contributed by atoms with Crippen molar-refractivity contribution in [2.45, 2.75) is 84.6 Å². The molecule has 6 atom stereocenters. The maximum atomic E-state index is 11.7. The average molecular weight is 559 g/mol. The lowest BCUT2D eigenvalue weighted by atomic mass is 9.86. The minimum Gasteiger partial charge on any atom is -0.457 e. The van der Waals surface area contributed by atoms with E-state index < -0.39 is 30.3 Å². The van der Waals surface area contributed by atoms with E-state index in [1.807, 2.05) is 26.0 Å². The number of aldehydes is 1. The third-order valence-corrected chi connectivity index (χ3v) is 7.77. The van der Waals surface area contributed by atoms with Crippen LogP contribution in [-0.4, -0.2) is 42.6 Å². The summed E-state index contributed by atoms with van der Waals surface area (Å²) >= 11 is 0. The molecule has 2 aliphatic rings. The number of esters is 2. The third-order valence-electron chi connectivity index (χ3n) is 7.77. The average Bonchev–Trinajstić information content (AvgIpc) is 3.56. The second kappa shape index (κ2) is 12.8. The van der Waals surface area contributed by atoms with E-state index in [2.05, 4.69) is 56.8 Å². The number of benzene rings is 2. The molecule has 0 bridgehead atoms. The van der Waals surface area contributed by atoms with Crippen molar-refractivity contribution in [1.29, 1.82) is 0 Å². The monoisotopic (exact) mass is 558 g/mol. The van der Waals surface area contributed by atoms with Crippen LogP contribution in [-0.2, 0) is 39.8 Å². The molecule has 0 fully saturated rings. The quantitative estimate of drug-likeness (QED) is 0.129. The van der Waals surface area contributed by atoms with Crippen molar-refractivity contribution in [2.75, 3.05) is 0 Å². The summed E-state index contributed by atoms with van der Waals surface area (Å²) in [6.07, 6.45) is 7.80. The molecule has 7 heteroatoms. The lowest BCUT2D eigenvalue weighted by Gasteiger charge is -2.28. The highest BCUT2D eigenvalue weighted by Crippen LogP contribution is 2.46. The molecule has 0 amide bonds. The summed E-state index contributed by atoms with van der Waals surface area (Å²) in [6.45, 7) is 14.9. The van der Waals surface area contributed by atoms with Crippen molar-refractivity contribution < 1.29 is 33.3 Å². The van der Waals surface area contributed by atoms with Gasteiger partial charge in [0.2, 0.25) is 6.29 Å². The molecule has 4 rings (SSSR count). The lowest BCUT2D eigenvalue weighted by Crippen LogP contribution is -2.30. The van der Waals surface area contributed by atoms with Gasteiger partial charge < -0.3 is 18.9 Å². The standard InChI is InChI=1S/C34H38O7/c1-8-24-10-12-27(34-26(24)13-15-30(34)39-21(5)23(7)41-32(37)18-35)28-17-19(3)16-25-11-14-29(33(25)28)38-20(4)22(6)40-31(36)9-2/h9-18,20-23,29-30H,2,8H2,1,3-7H3. The Labute approximate surface area is 241 Å². The highest BCUT2D eigenvalue weighted by atomic mass is 16.6. The minimum atomic E-state index is -0.916. The van der Waals surface area contributed by atoms with Gasteiger partial charge in [0.1, 0.15) is 24.4 Å². The van der Waals surface area contributed by atoms with Gasteiger partial charge in [0, 0.05) is 6.08 Å². The summed E-state index contributed by atoms with van der Waals surface area (Å²) in [4.78, 5) is 34.1. The van der Waals surface area contributed by atoms with Crippen LogP contribution in [0.5, 0.6) is 0 Å². The molecule has 0 radical (unpaired) electrons. The molecule has 6 unspecified atom stereocenters. The normalized spacial score (nSPS) is 19.6. The first-order valence-corrected chi connectivity index (χ1v) is 14.0. The Bertz CT molecular complexity index is 1400. The molecule has 0 aliphatic heterocycles. The van der Waals surface area contributed by atoms with Crippen LogP contribution in [0.2, 0.25) is 0 Å². The fraction of sp³-hybridized carbons (Fsp3) is 0.382. The summed E-state index contributed by atoms with van der Waals surface area (Å²) in [5.41, 5.74) is 8.69. The summed E-state index contributed by atoms with van der Waals surface area (Å²) in [7, 11) is 0. The van der Waals surface area contributed by atoms with Crippen LogP contribution in [0.25, 0.3) is 23.3 Å². The number of rotatable bonds is 12. The molecular formula is C34H38O7. The largest absolute Gasteiger partial charge is 0.457 e. The van der Waals surface area contributed by atoms with Crippen LogP contribution >= 0.6 is 0 Å². The van der Waals surface area contributed by atoms with E-state index in [1.54, 1.807) is 13.8 Å². The van der Waals surface area contributed by atoms with E-state index in [1.165, 1.54) is 5.56 Å². The van der Waals surface area contributed by atoms with E-state index in [0.717, 1.165) is 51.4 Å². The maximum Gasteiger partial charge on any atom is 0.371 e. The molecule has 216 valence electrons. The number of ether oxygens (including phenoxy) is 4. The SMILES string of the molecule is C=CC(=O)OC(C)C(C)OC1C=Cc2cc(C)cc(-c3ccc(CC)c4c3C(OC(C)C(C)OC(=O)C=O)C=C4)c21. The van der Waals surface area contributed by atoms with E-state index in [9.17, 15) is 14.4 Å². The number of aryl methyl sites for hydroxylation is 2. The summed E-state index contributed by atoms with van der Waals surface area (Å²) < 4.78 is 23.5. The van der Waals surface area contributed by atoms with Crippen molar-refractivity contribution >= 4 is 30.4 Å². The number of carbonyl (C=O) groups is 3. The van der Waals surface area contributed by atoms with Gasteiger partial charge in [0.05, 0.1) is 12.2 Å². The van der Waals surface area contributed by atoms with Crippen molar-refractivity contribution in [1.82, 2.24) is 0 Å². The van der Waals surface area contributed by atoms with Gasteiger partial charge in [-0.1, -0.05) is 62.1 Å². The predicted octanol–water partition coefficient (Wildman–Crippen LogP) is 6.42. The second-order valence-corrected chi connectivity index (χ2v) is 10.6. The van der Waals surface area contributed by atoms with Crippen LogP contribution in [0.15, 0.2) is 49.1 Å². The fourth-order valence-electron chi connectivity index (χ4n) is 5.34. The van der Waals surface area contributed by atoms with E-state index in [4.69, 9.17) is 18.9 Å². The zero-order valence-electron chi connectivity index (χ0n) is 24.5. The second-order valence-electron chi connectivity index (χ2n) is 10.6. The van der Waals surface area contributed by atoms with E-state index in [-0.39, 0.29) is 24.6 Å². The first kappa shape index (κ1) is 30.2. The Morgan fingerprint density at radius 2 is 1.46 bits per heavy atom. The van der Waals surface area contributed by atoms with Crippen molar-refractivity contribution in [3.8, 4) is 11.1 Å². The number of hydrogen-bond acceptors (Lipinski definition) is 7. The number of hydrogen-bond donors (Lipinski definition) is 0. The van der Waals surface area contributed by atoms with Gasteiger partial charge in [-0.25, -0.2) is 9.59 Å². The van der Waals surface area contributed by atoms with Gasteiger partial charge in [0.15, 0.2) is 0 Å². The molecule has 0 saturated carbocycles. The highest BCUT2D eigenvalue weighted by Gasteiger charge is 2.32. The molecule has 0 N–H and O–H groups in total. The molecule has 2 aliphatic carbocycles. The first-order valence-electron chi connectivity index (χ1n) is 14.0. The maximum absolute atomic E-state index is 11.7. The van der Waals surface area contributed by atoms with Gasteiger partial charge in [-0.15, -0.1) is 0 Å². The topological polar surface area (TPSA) is 88.1 Å². The Kier molecular flexibility index (Phi) is 9.41. The summed E-state index contributed by atoms with van der Waals surface area (Å²) in [6, 6.07) is 8.61. The van der Waals surface area contributed by atoms with Gasteiger partial charge in [0.25, 0.3) is 0 Å². The molecule has 0 heterocycles. The van der Waals surface area contributed by atoms with Crippen molar-refractivity contribution in [2.24, 2.45) is 0 Å². The molecule has 0 spiro atoms. The zero-order chi connectivity index (χ0) is 29.8. The third kappa shape index (κ3) is 6.42. The smallest absolute Gasteiger partial charge is 0.371 e. The first-order chi connectivity index (χ1) is 19.6. The predicted molar refractivity (Wildman–Crippen MR) is 158 cm³/mol. The minimum absolute atomic E-state index is 0.162. The Morgan fingerprint density at radius 1 is 0.854 bits per heavy atom. The highest BCUT2D eigenvalue weighted by molar-refractivity contribution is 6.20. The lowest BCUT2D eigenvalue weighted by molar-refractivity contribution is -0.159. The molecule has 0 saturated heterocycles. The Balaban J connectivity index is 1.72. The molecule has 0 aromatic heterocycles. The van der Waals surface area contributed by atoms with Crippen LogP contribution in [0.4, 0.5) is 0 Å². The van der Waals surface area contributed by atoms with Crippen LogP contribution in [0, 0.1) is 6.92 Å². The van der Waals surface area contributed by atoms with Gasteiger partial charge in [-0.3, -0.25) is 4.79 Å². The van der Waals surface area contributed by atoms with Crippen molar-refractivity contribution in [3.63, 3.8) is 0 Å². The summed E-state index contributed by atoms with van der Waals surface area (Å²) in [5.74, 6) is -1.40. The number of fused-ring (bicyclic) bond motifs is 2. The fourth-order valence-corrected chi connectivity index (χ4v) is 5.34. The van der Waals surface area contributed by atoms with Crippen molar-refractivity contribution in [3.05, 3.63) is 82.5 Å².